The highest BCUT2D eigenvalue weighted by Crippen LogP contribution is 2.49. The molecule has 4 atom stereocenters. The predicted molar refractivity (Wildman–Crippen MR) is 131 cm³/mol. The summed E-state index contributed by atoms with van der Waals surface area (Å²) in [6.45, 7) is 4.31. The Morgan fingerprint density at radius 2 is 1.44 bits per heavy atom. The third-order valence-electron chi connectivity index (χ3n) is 7.70. The van der Waals surface area contributed by atoms with Gasteiger partial charge in [0, 0.05) is 0 Å². The second-order valence-electron chi connectivity index (χ2n) is 10.2. The number of fused-ring (bicyclic) bond motifs is 1. The number of hydrogen-bond acceptors (Lipinski definition) is 3. The van der Waals surface area contributed by atoms with Crippen molar-refractivity contribution < 1.29 is 31.8 Å². The summed E-state index contributed by atoms with van der Waals surface area (Å²) in [5.41, 5.74) is 1.12. The first-order valence-electron chi connectivity index (χ1n) is 13.2. The van der Waals surface area contributed by atoms with Gasteiger partial charge in [0.2, 0.25) is 11.6 Å². The Bertz CT molecular complexity index is 995. The van der Waals surface area contributed by atoms with Gasteiger partial charge in [-0.3, -0.25) is 0 Å². The summed E-state index contributed by atoms with van der Waals surface area (Å²) >= 11 is 0. The first-order chi connectivity index (χ1) is 17.3. The van der Waals surface area contributed by atoms with Crippen molar-refractivity contribution in [3.05, 3.63) is 53.6 Å². The SMILES string of the molecule is CCCc1ccc(OC(F)(F)C2CCC3CC(COc4ccc(OCC)c(F)c4F)CCC3C2)cc1. The fourth-order valence-corrected chi connectivity index (χ4v) is 5.80. The van der Waals surface area contributed by atoms with Crippen molar-refractivity contribution in [3.63, 3.8) is 0 Å². The van der Waals surface area contributed by atoms with Crippen LogP contribution >= 0.6 is 0 Å². The number of hydrogen-bond donors (Lipinski definition) is 0. The van der Waals surface area contributed by atoms with Gasteiger partial charge < -0.3 is 14.2 Å². The van der Waals surface area contributed by atoms with Crippen molar-refractivity contribution in [1.82, 2.24) is 0 Å². The lowest BCUT2D eigenvalue weighted by atomic mass is 9.65. The fraction of sp³-hybridized carbons (Fsp3) is 0.586. The Morgan fingerprint density at radius 3 is 2.11 bits per heavy atom. The van der Waals surface area contributed by atoms with Gasteiger partial charge in [-0.1, -0.05) is 25.5 Å². The molecule has 0 spiro atoms. The van der Waals surface area contributed by atoms with E-state index in [-0.39, 0.29) is 42.3 Å². The Labute approximate surface area is 211 Å². The smallest absolute Gasteiger partial charge is 0.400 e. The number of rotatable bonds is 10. The summed E-state index contributed by atoms with van der Waals surface area (Å²) in [6, 6.07) is 9.73. The van der Waals surface area contributed by atoms with Crippen molar-refractivity contribution in [2.24, 2.45) is 23.7 Å². The molecule has 2 aliphatic rings. The molecule has 2 saturated carbocycles. The lowest BCUT2D eigenvalue weighted by Gasteiger charge is -2.43. The number of alkyl halides is 2. The van der Waals surface area contributed by atoms with Gasteiger partial charge in [-0.15, -0.1) is 0 Å². The topological polar surface area (TPSA) is 27.7 Å². The van der Waals surface area contributed by atoms with Gasteiger partial charge >= 0.3 is 6.11 Å². The van der Waals surface area contributed by atoms with E-state index in [4.69, 9.17) is 14.2 Å². The zero-order valence-corrected chi connectivity index (χ0v) is 21.1. The van der Waals surface area contributed by atoms with E-state index in [1.54, 1.807) is 19.1 Å². The summed E-state index contributed by atoms with van der Waals surface area (Å²) in [7, 11) is 0. The van der Waals surface area contributed by atoms with Crippen LogP contribution in [0, 0.1) is 35.3 Å². The van der Waals surface area contributed by atoms with Crippen LogP contribution in [0.25, 0.3) is 0 Å². The maximum Gasteiger partial charge on any atom is 0.400 e. The third kappa shape index (κ3) is 6.27. The van der Waals surface area contributed by atoms with Gasteiger partial charge in [0.15, 0.2) is 11.5 Å². The zero-order chi connectivity index (χ0) is 25.7. The molecule has 0 amide bonds. The second kappa shape index (κ2) is 11.7. The van der Waals surface area contributed by atoms with Crippen molar-refractivity contribution >= 4 is 0 Å². The molecular weight excluding hydrogens is 472 g/mol. The first-order valence-corrected chi connectivity index (χ1v) is 13.2. The molecule has 4 unspecified atom stereocenters. The number of benzene rings is 2. The monoisotopic (exact) mass is 508 g/mol. The highest BCUT2D eigenvalue weighted by atomic mass is 19.3. The lowest BCUT2D eigenvalue weighted by molar-refractivity contribution is -0.228. The average Bonchev–Trinajstić information content (AvgIpc) is 2.87. The van der Waals surface area contributed by atoms with Gasteiger partial charge in [-0.2, -0.15) is 17.6 Å². The van der Waals surface area contributed by atoms with E-state index in [0.29, 0.717) is 25.2 Å². The normalized spacial score (nSPS) is 24.2. The maximum atomic E-state index is 15.0. The highest BCUT2D eigenvalue weighted by Gasteiger charge is 2.48. The van der Waals surface area contributed by atoms with Crippen LogP contribution in [0.1, 0.15) is 64.4 Å². The number of aryl methyl sites for hydroxylation is 1. The van der Waals surface area contributed by atoms with E-state index in [1.165, 1.54) is 12.1 Å². The quantitative estimate of drug-likeness (QED) is 0.303. The van der Waals surface area contributed by atoms with E-state index in [9.17, 15) is 8.78 Å². The van der Waals surface area contributed by atoms with Crippen LogP contribution in [-0.4, -0.2) is 19.3 Å². The van der Waals surface area contributed by atoms with Crippen LogP contribution in [-0.2, 0) is 6.42 Å². The Balaban J connectivity index is 1.28. The van der Waals surface area contributed by atoms with Crippen LogP contribution in [0.3, 0.4) is 0 Å². The molecular formula is C29H36F4O3. The number of ether oxygens (including phenoxy) is 3. The molecule has 3 nitrogen and oxygen atoms in total. The third-order valence-corrected chi connectivity index (χ3v) is 7.70. The fourth-order valence-electron chi connectivity index (χ4n) is 5.80. The van der Waals surface area contributed by atoms with Crippen LogP contribution in [0.2, 0.25) is 0 Å². The maximum absolute atomic E-state index is 15.0. The van der Waals surface area contributed by atoms with Gasteiger partial charge in [0.05, 0.1) is 19.1 Å². The molecule has 198 valence electrons. The molecule has 4 rings (SSSR count). The zero-order valence-electron chi connectivity index (χ0n) is 21.1. The predicted octanol–water partition coefficient (Wildman–Crippen LogP) is 8.20. The molecule has 0 aliphatic heterocycles. The van der Waals surface area contributed by atoms with Crippen LogP contribution in [0.15, 0.2) is 36.4 Å². The van der Waals surface area contributed by atoms with Crippen LogP contribution in [0.4, 0.5) is 17.6 Å². The summed E-state index contributed by atoms with van der Waals surface area (Å²) < 4.78 is 74.3. The first kappa shape index (κ1) is 26.6. The molecule has 0 heterocycles. The minimum Gasteiger partial charge on any atom is -0.491 e. The van der Waals surface area contributed by atoms with E-state index in [0.717, 1.165) is 37.7 Å². The molecule has 0 aromatic heterocycles. The standard InChI is InChI=1S/C29H36F4O3/c1-3-5-19-7-12-24(13-8-19)36-29(32,33)23-11-10-21-16-20(6-9-22(21)17-23)18-35-26-15-14-25(34-4-2)27(30)28(26)31/h7-8,12-15,20-23H,3-6,9-11,16-18H2,1-2H3. The van der Waals surface area contributed by atoms with Crippen molar-refractivity contribution in [3.8, 4) is 17.2 Å². The van der Waals surface area contributed by atoms with Gasteiger partial charge in [-0.05, 0) is 99.5 Å². The molecule has 2 aromatic rings. The molecule has 0 saturated heterocycles. The van der Waals surface area contributed by atoms with Crippen molar-refractivity contribution in [1.29, 1.82) is 0 Å². The summed E-state index contributed by atoms with van der Waals surface area (Å²) in [5, 5.41) is 0. The minimum absolute atomic E-state index is 0.124. The second-order valence-corrected chi connectivity index (χ2v) is 10.2. The lowest BCUT2D eigenvalue weighted by Crippen LogP contribution is -2.42. The average molecular weight is 509 g/mol. The van der Waals surface area contributed by atoms with Crippen molar-refractivity contribution in [2.45, 2.75) is 71.3 Å². The molecule has 0 N–H and O–H groups in total. The summed E-state index contributed by atoms with van der Waals surface area (Å²) in [6.07, 6.45) is 2.79. The molecule has 7 heteroatoms. The van der Waals surface area contributed by atoms with Gasteiger partial charge in [-0.25, -0.2) is 0 Å². The summed E-state index contributed by atoms with van der Waals surface area (Å²) in [4.78, 5) is 0. The Morgan fingerprint density at radius 1 is 0.806 bits per heavy atom. The van der Waals surface area contributed by atoms with E-state index in [1.807, 2.05) is 12.1 Å². The Hall–Kier alpha value is -2.44. The molecule has 2 aliphatic carbocycles. The minimum atomic E-state index is -3.20. The van der Waals surface area contributed by atoms with E-state index in [2.05, 4.69) is 6.92 Å². The summed E-state index contributed by atoms with van der Waals surface area (Å²) in [5.74, 6) is -2.18. The van der Waals surface area contributed by atoms with E-state index >= 15 is 8.78 Å². The molecule has 0 bridgehead atoms. The molecule has 36 heavy (non-hydrogen) atoms. The van der Waals surface area contributed by atoms with Crippen molar-refractivity contribution in [2.75, 3.05) is 13.2 Å². The molecule has 2 aromatic carbocycles. The van der Waals surface area contributed by atoms with E-state index < -0.39 is 23.7 Å². The highest BCUT2D eigenvalue weighted by molar-refractivity contribution is 5.35. The van der Waals surface area contributed by atoms with Gasteiger partial charge in [0.1, 0.15) is 5.75 Å². The van der Waals surface area contributed by atoms with Crippen LogP contribution < -0.4 is 14.2 Å². The number of halogens is 4. The van der Waals surface area contributed by atoms with Crippen LogP contribution in [0.5, 0.6) is 17.2 Å². The largest absolute Gasteiger partial charge is 0.491 e. The molecule has 0 radical (unpaired) electrons. The Kier molecular flexibility index (Phi) is 8.68. The molecule has 2 fully saturated rings. The van der Waals surface area contributed by atoms with Gasteiger partial charge in [0.25, 0.3) is 0 Å².